The number of aromatic nitrogens is 4. The number of thioether (sulfide) groups is 1. The summed E-state index contributed by atoms with van der Waals surface area (Å²) in [5.41, 5.74) is 1.47. The molecule has 1 aliphatic rings. The van der Waals surface area contributed by atoms with E-state index in [1.54, 1.807) is 18.2 Å². The average Bonchev–Trinajstić information content (AvgIpc) is 3.43. The number of carbonyl (C=O) groups excluding carboxylic acids is 1. The molecule has 0 unspecified atom stereocenters. The Labute approximate surface area is 191 Å². The lowest BCUT2D eigenvalue weighted by Crippen LogP contribution is -2.15. The molecule has 10 nitrogen and oxygen atoms in total. The third-order valence-electron chi connectivity index (χ3n) is 4.74. The molecule has 2 aromatic heterocycles. The number of carbonyl (C=O) groups is 1. The summed E-state index contributed by atoms with van der Waals surface area (Å²) in [4.78, 5) is 33.5. The van der Waals surface area contributed by atoms with Crippen LogP contribution < -0.4 is 25.1 Å². The molecule has 5 rings (SSSR count). The van der Waals surface area contributed by atoms with Gasteiger partial charge in [0.2, 0.25) is 12.7 Å². The van der Waals surface area contributed by atoms with Gasteiger partial charge in [0, 0.05) is 23.4 Å². The number of aromatic amines is 1. The van der Waals surface area contributed by atoms with Crippen LogP contribution in [0.2, 0.25) is 0 Å². The number of amides is 1. The number of fused-ring (bicyclic) bond motifs is 2. The topological polar surface area (TPSA) is 120 Å². The van der Waals surface area contributed by atoms with Gasteiger partial charge in [-0.3, -0.25) is 14.7 Å². The minimum absolute atomic E-state index is 0.0729. The van der Waals surface area contributed by atoms with Crippen LogP contribution in [0, 0.1) is 0 Å². The fourth-order valence-electron chi connectivity index (χ4n) is 3.28. The van der Waals surface area contributed by atoms with Crippen molar-refractivity contribution >= 4 is 29.0 Å². The summed E-state index contributed by atoms with van der Waals surface area (Å²) >= 11 is 1.19. The highest BCUT2D eigenvalue weighted by Crippen LogP contribution is 2.34. The van der Waals surface area contributed by atoms with E-state index >= 15 is 0 Å². The van der Waals surface area contributed by atoms with E-state index in [2.05, 4.69) is 20.4 Å². The monoisotopic (exact) mass is 465 g/mol. The molecule has 0 radical (unpaired) electrons. The maximum Gasteiger partial charge on any atom is 0.266 e. The van der Waals surface area contributed by atoms with E-state index in [1.807, 2.05) is 31.2 Å². The van der Waals surface area contributed by atoms with Crippen LogP contribution in [0.4, 0.5) is 5.69 Å². The summed E-state index contributed by atoms with van der Waals surface area (Å²) in [6.45, 7) is 2.65. The second-order valence-corrected chi connectivity index (χ2v) is 7.95. The molecule has 2 aromatic carbocycles. The van der Waals surface area contributed by atoms with Gasteiger partial charge in [-0.2, -0.15) is 0 Å². The molecule has 33 heavy (non-hydrogen) atoms. The van der Waals surface area contributed by atoms with Crippen molar-refractivity contribution in [1.29, 1.82) is 0 Å². The lowest BCUT2D eigenvalue weighted by molar-refractivity contribution is -0.113. The van der Waals surface area contributed by atoms with Crippen LogP contribution >= 0.6 is 11.8 Å². The first-order valence-corrected chi connectivity index (χ1v) is 11.1. The number of nitrogens with zero attached hydrogens (tertiary/aromatic N) is 3. The fraction of sp³-hybridized carbons (Fsp3) is 0.182. The van der Waals surface area contributed by atoms with Crippen LogP contribution in [-0.2, 0) is 4.79 Å². The van der Waals surface area contributed by atoms with E-state index in [0.717, 1.165) is 11.3 Å². The van der Waals surface area contributed by atoms with Gasteiger partial charge in [-0.1, -0.05) is 11.8 Å². The predicted molar refractivity (Wildman–Crippen MR) is 122 cm³/mol. The van der Waals surface area contributed by atoms with E-state index in [-0.39, 0.29) is 24.0 Å². The summed E-state index contributed by atoms with van der Waals surface area (Å²) in [5, 5.41) is 5.93. The molecule has 11 heteroatoms. The van der Waals surface area contributed by atoms with Crippen molar-refractivity contribution in [3.8, 4) is 28.6 Å². The van der Waals surface area contributed by atoms with Crippen LogP contribution in [0.3, 0.4) is 0 Å². The Kier molecular flexibility index (Phi) is 5.61. The molecule has 0 aliphatic carbocycles. The lowest BCUT2D eigenvalue weighted by Gasteiger charge is -2.09. The highest BCUT2D eigenvalue weighted by molar-refractivity contribution is 7.99. The Morgan fingerprint density at radius 3 is 2.79 bits per heavy atom. The Balaban J connectivity index is 1.35. The van der Waals surface area contributed by atoms with Gasteiger partial charge in [-0.25, -0.2) is 14.5 Å². The van der Waals surface area contributed by atoms with E-state index < -0.39 is 0 Å². The van der Waals surface area contributed by atoms with Crippen molar-refractivity contribution in [2.24, 2.45) is 0 Å². The molecule has 0 spiro atoms. The molecule has 168 valence electrons. The van der Waals surface area contributed by atoms with E-state index in [4.69, 9.17) is 14.2 Å². The maximum absolute atomic E-state index is 12.5. The van der Waals surface area contributed by atoms with Gasteiger partial charge in [-0.05, 0) is 43.3 Å². The predicted octanol–water partition coefficient (Wildman–Crippen LogP) is 2.94. The molecular formula is C22H19N5O5S. The molecule has 0 fully saturated rings. The zero-order chi connectivity index (χ0) is 22.8. The number of ether oxygens (including phenoxy) is 3. The van der Waals surface area contributed by atoms with Gasteiger partial charge < -0.3 is 19.5 Å². The molecule has 0 saturated carbocycles. The van der Waals surface area contributed by atoms with Gasteiger partial charge in [0.1, 0.15) is 5.75 Å². The van der Waals surface area contributed by atoms with Crippen molar-refractivity contribution in [3.05, 3.63) is 58.9 Å². The zero-order valence-electron chi connectivity index (χ0n) is 17.5. The number of benzene rings is 2. The highest BCUT2D eigenvalue weighted by atomic mass is 32.2. The molecule has 0 bridgehead atoms. The molecule has 3 heterocycles. The number of H-pyrrole nitrogens is 1. The lowest BCUT2D eigenvalue weighted by atomic mass is 10.2. The van der Waals surface area contributed by atoms with Crippen molar-refractivity contribution in [2.75, 3.05) is 24.5 Å². The second kappa shape index (κ2) is 8.87. The van der Waals surface area contributed by atoms with Gasteiger partial charge in [0.15, 0.2) is 28.1 Å². The number of anilines is 1. The Morgan fingerprint density at radius 1 is 1.15 bits per heavy atom. The highest BCUT2D eigenvalue weighted by Gasteiger charge is 2.16. The van der Waals surface area contributed by atoms with E-state index in [9.17, 15) is 9.59 Å². The molecule has 2 N–H and O–H groups in total. The first-order valence-electron chi connectivity index (χ1n) is 10.1. The van der Waals surface area contributed by atoms with Gasteiger partial charge >= 0.3 is 0 Å². The van der Waals surface area contributed by atoms with Crippen molar-refractivity contribution < 1.29 is 19.0 Å². The zero-order valence-corrected chi connectivity index (χ0v) is 18.3. The Bertz CT molecular complexity index is 1380. The van der Waals surface area contributed by atoms with Crippen LogP contribution in [-0.4, -0.2) is 44.6 Å². The molecule has 4 aromatic rings. The van der Waals surface area contributed by atoms with E-state index in [0.29, 0.717) is 40.4 Å². The van der Waals surface area contributed by atoms with Gasteiger partial charge in [0.05, 0.1) is 12.4 Å². The third kappa shape index (κ3) is 4.48. The fourth-order valence-corrected chi connectivity index (χ4v) is 4.03. The number of hydrogen-bond donors (Lipinski definition) is 2. The summed E-state index contributed by atoms with van der Waals surface area (Å²) < 4.78 is 17.6. The maximum atomic E-state index is 12.5. The second-order valence-electron chi connectivity index (χ2n) is 7.01. The number of rotatable bonds is 7. The summed E-state index contributed by atoms with van der Waals surface area (Å²) in [7, 11) is 0. The molecule has 0 atom stereocenters. The third-order valence-corrected chi connectivity index (χ3v) is 5.68. The van der Waals surface area contributed by atoms with Crippen molar-refractivity contribution in [3.63, 3.8) is 0 Å². The summed E-state index contributed by atoms with van der Waals surface area (Å²) in [6.07, 6.45) is 0. The molecule has 0 saturated heterocycles. The standard InChI is InChI=1S/C22H19N5O5S/c1-2-30-15-6-3-13(4-7-15)21-24-18-10-19(28)26-27(18)22(25-21)33-11-20(29)23-14-5-8-16-17(9-14)32-12-31-16/h3-10H,2,11-12H2,1H3,(H,23,29)(H,26,28). The van der Waals surface area contributed by atoms with Crippen LogP contribution in [0.5, 0.6) is 17.2 Å². The smallest absolute Gasteiger partial charge is 0.266 e. The average molecular weight is 465 g/mol. The van der Waals surface area contributed by atoms with Crippen molar-refractivity contribution in [1.82, 2.24) is 19.6 Å². The summed E-state index contributed by atoms with van der Waals surface area (Å²) in [6, 6.07) is 13.9. The van der Waals surface area contributed by atoms with Gasteiger partial charge in [0.25, 0.3) is 5.56 Å². The Hall–Kier alpha value is -3.99. The SMILES string of the molecule is CCOc1ccc(-c2nc(SCC(=O)Nc3ccc4c(c3)OCO4)n3[nH]c(=O)cc3n2)cc1. The minimum Gasteiger partial charge on any atom is -0.494 e. The molecular weight excluding hydrogens is 446 g/mol. The first-order chi connectivity index (χ1) is 16.1. The van der Waals surface area contributed by atoms with Crippen LogP contribution in [0.15, 0.2) is 58.5 Å². The normalized spacial score (nSPS) is 12.2. The Morgan fingerprint density at radius 2 is 1.97 bits per heavy atom. The van der Waals surface area contributed by atoms with Crippen LogP contribution in [0.1, 0.15) is 6.92 Å². The largest absolute Gasteiger partial charge is 0.494 e. The van der Waals surface area contributed by atoms with E-state index in [1.165, 1.54) is 22.3 Å². The molecule has 1 aliphatic heterocycles. The molecule has 1 amide bonds. The first kappa shape index (κ1) is 20.9. The van der Waals surface area contributed by atoms with Crippen molar-refractivity contribution in [2.45, 2.75) is 12.1 Å². The number of nitrogens with one attached hydrogen (secondary N) is 2. The van der Waals surface area contributed by atoms with Crippen LogP contribution in [0.25, 0.3) is 17.0 Å². The summed E-state index contributed by atoms with van der Waals surface area (Å²) in [5.74, 6) is 2.25. The number of hydrogen-bond acceptors (Lipinski definition) is 8. The quantitative estimate of drug-likeness (QED) is 0.400. The van der Waals surface area contributed by atoms with Gasteiger partial charge in [-0.15, -0.1) is 0 Å². The minimum atomic E-state index is -0.306.